The molecular weight excluding hydrogens is 240 g/mol. The molecule has 1 heterocycles. The highest BCUT2D eigenvalue weighted by Gasteiger charge is 2.53. The van der Waals surface area contributed by atoms with Gasteiger partial charge in [-0.05, 0) is 51.4 Å². The molecule has 19 heavy (non-hydrogen) atoms. The molecule has 0 bridgehead atoms. The predicted molar refractivity (Wildman–Crippen MR) is 74.5 cm³/mol. The number of amides is 2. The zero-order chi connectivity index (χ0) is 14.2. The van der Waals surface area contributed by atoms with Crippen LogP contribution in [0.25, 0.3) is 0 Å². The molecule has 4 heteroatoms. The number of hydrogen-bond acceptors (Lipinski definition) is 2. The summed E-state index contributed by atoms with van der Waals surface area (Å²) in [6.07, 6.45) is 4.16. The Morgan fingerprint density at radius 1 is 1.26 bits per heavy atom. The zero-order valence-electron chi connectivity index (χ0n) is 12.5. The lowest BCUT2D eigenvalue weighted by Gasteiger charge is -2.42. The Bertz CT molecular complexity index is 376. The Morgan fingerprint density at radius 3 is 2.42 bits per heavy atom. The van der Waals surface area contributed by atoms with Crippen LogP contribution >= 0.6 is 0 Å². The van der Waals surface area contributed by atoms with E-state index in [4.69, 9.17) is 0 Å². The second kappa shape index (κ2) is 5.14. The molecule has 2 unspecified atom stereocenters. The average Bonchev–Trinajstić information content (AvgIpc) is 3.14. The molecule has 1 saturated heterocycles. The number of hydrogen-bond donors (Lipinski definition) is 1. The van der Waals surface area contributed by atoms with E-state index in [2.05, 4.69) is 26.1 Å². The maximum atomic E-state index is 12.7. The second-order valence-corrected chi connectivity index (χ2v) is 6.78. The van der Waals surface area contributed by atoms with Crippen LogP contribution in [0, 0.1) is 11.8 Å². The van der Waals surface area contributed by atoms with E-state index in [9.17, 15) is 9.59 Å². The molecule has 2 rings (SSSR count). The fourth-order valence-electron chi connectivity index (χ4n) is 2.93. The summed E-state index contributed by atoms with van der Waals surface area (Å²) in [5.41, 5.74) is -0.651. The van der Waals surface area contributed by atoms with Crippen molar-refractivity contribution in [1.29, 1.82) is 0 Å². The summed E-state index contributed by atoms with van der Waals surface area (Å²) in [5.74, 6) is 1.08. The van der Waals surface area contributed by atoms with Crippen LogP contribution in [-0.2, 0) is 9.59 Å². The number of rotatable bonds is 5. The molecule has 1 saturated carbocycles. The first kappa shape index (κ1) is 14.4. The quantitative estimate of drug-likeness (QED) is 0.826. The van der Waals surface area contributed by atoms with Gasteiger partial charge >= 0.3 is 0 Å². The van der Waals surface area contributed by atoms with Gasteiger partial charge in [-0.15, -0.1) is 0 Å². The van der Waals surface area contributed by atoms with Gasteiger partial charge in [0, 0.05) is 6.04 Å². The van der Waals surface area contributed by atoms with Crippen molar-refractivity contribution < 1.29 is 9.59 Å². The molecule has 0 aromatic heterocycles. The lowest BCUT2D eigenvalue weighted by molar-refractivity contribution is -0.152. The molecular formula is C15H26N2O2. The van der Waals surface area contributed by atoms with E-state index in [0.717, 1.165) is 25.7 Å². The van der Waals surface area contributed by atoms with Crippen molar-refractivity contribution in [1.82, 2.24) is 10.2 Å². The summed E-state index contributed by atoms with van der Waals surface area (Å²) >= 11 is 0. The highest BCUT2D eigenvalue weighted by Crippen LogP contribution is 2.41. The van der Waals surface area contributed by atoms with Gasteiger partial charge in [-0.1, -0.05) is 13.8 Å². The summed E-state index contributed by atoms with van der Waals surface area (Å²) in [7, 11) is 0. The smallest absolute Gasteiger partial charge is 0.249 e. The molecule has 2 aliphatic rings. The normalized spacial score (nSPS) is 29.6. The first-order valence-electron chi connectivity index (χ1n) is 7.46. The number of piperazine rings is 1. The molecule has 0 aromatic carbocycles. The Kier molecular flexibility index (Phi) is 3.88. The van der Waals surface area contributed by atoms with Gasteiger partial charge in [-0.3, -0.25) is 9.59 Å². The molecule has 2 atom stereocenters. The molecule has 0 spiro atoms. The monoisotopic (exact) mass is 266 g/mol. The lowest BCUT2D eigenvalue weighted by Crippen LogP contribution is -2.67. The van der Waals surface area contributed by atoms with Gasteiger partial charge in [0.05, 0.1) is 6.54 Å². The summed E-state index contributed by atoms with van der Waals surface area (Å²) in [6.45, 7) is 8.55. The van der Waals surface area contributed by atoms with Crippen molar-refractivity contribution >= 4 is 11.8 Å². The van der Waals surface area contributed by atoms with Gasteiger partial charge in [0.25, 0.3) is 0 Å². The summed E-state index contributed by atoms with van der Waals surface area (Å²) in [6, 6.07) is 0.152. The van der Waals surface area contributed by atoms with Gasteiger partial charge in [0.15, 0.2) is 0 Å². The molecule has 2 fully saturated rings. The van der Waals surface area contributed by atoms with Crippen LogP contribution in [0.4, 0.5) is 0 Å². The van der Waals surface area contributed by atoms with E-state index in [1.807, 2.05) is 6.92 Å². The maximum absolute atomic E-state index is 12.7. The second-order valence-electron chi connectivity index (χ2n) is 6.78. The first-order chi connectivity index (χ1) is 8.84. The maximum Gasteiger partial charge on any atom is 0.249 e. The van der Waals surface area contributed by atoms with E-state index in [-0.39, 0.29) is 24.4 Å². The van der Waals surface area contributed by atoms with E-state index in [1.165, 1.54) is 0 Å². The Morgan fingerprint density at radius 2 is 1.89 bits per heavy atom. The summed E-state index contributed by atoms with van der Waals surface area (Å²) < 4.78 is 0. The fourth-order valence-corrected chi connectivity index (χ4v) is 2.93. The van der Waals surface area contributed by atoms with Gasteiger partial charge in [0.2, 0.25) is 11.8 Å². The SMILES string of the molecule is CC(C)CCC(C)N1CC(=O)NC(C)(C2CC2)C1=O. The van der Waals surface area contributed by atoms with Crippen molar-refractivity contribution in [2.75, 3.05) is 6.54 Å². The van der Waals surface area contributed by atoms with Crippen LogP contribution in [-0.4, -0.2) is 34.8 Å². The van der Waals surface area contributed by atoms with Crippen molar-refractivity contribution in [3.63, 3.8) is 0 Å². The van der Waals surface area contributed by atoms with Crippen LogP contribution in [0.1, 0.15) is 53.4 Å². The van der Waals surface area contributed by atoms with E-state index >= 15 is 0 Å². The standard InChI is InChI=1S/C15H26N2O2/c1-10(2)5-6-11(3)17-9-13(18)16-15(4,14(17)19)12-7-8-12/h10-12H,5-9H2,1-4H3,(H,16,18). The molecule has 2 amide bonds. The van der Waals surface area contributed by atoms with Gasteiger partial charge in [-0.2, -0.15) is 0 Å². The third-order valence-electron chi connectivity index (χ3n) is 4.51. The predicted octanol–water partition coefficient (Wildman–Crippen LogP) is 1.94. The highest BCUT2D eigenvalue weighted by atomic mass is 16.2. The highest BCUT2D eigenvalue weighted by molar-refractivity contribution is 5.98. The molecule has 108 valence electrons. The summed E-state index contributed by atoms with van der Waals surface area (Å²) in [4.78, 5) is 26.4. The number of nitrogens with one attached hydrogen (secondary N) is 1. The third-order valence-corrected chi connectivity index (χ3v) is 4.51. The number of carbonyl (C=O) groups excluding carboxylic acids is 2. The van der Waals surface area contributed by atoms with E-state index < -0.39 is 5.54 Å². The third kappa shape index (κ3) is 2.93. The zero-order valence-corrected chi connectivity index (χ0v) is 12.5. The number of carbonyl (C=O) groups is 2. The average molecular weight is 266 g/mol. The van der Waals surface area contributed by atoms with Gasteiger partial charge < -0.3 is 10.2 Å². The van der Waals surface area contributed by atoms with Gasteiger partial charge in [-0.25, -0.2) is 0 Å². The minimum Gasteiger partial charge on any atom is -0.340 e. The molecule has 0 radical (unpaired) electrons. The van der Waals surface area contributed by atoms with Crippen LogP contribution in [0.2, 0.25) is 0 Å². The molecule has 0 aromatic rings. The van der Waals surface area contributed by atoms with Crippen LogP contribution in [0.15, 0.2) is 0 Å². The Balaban J connectivity index is 2.06. The van der Waals surface area contributed by atoms with Crippen molar-refractivity contribution in [2.24, 2.45) is 11.8 Å². The first-order valence-corrected chi connectivity index (χ1v) is 7.46. The Hall–Kier alpha value is -1.06. The molecule has 1 aliphatic carbocycles. The minimum atomic E-state index is -0.651. The van der Waals surface area contributed by atoms with Crippen molar-refractivity contribution in [3.8, 4) is 0 Å². The molecule has 1 aliphatic heterocycles. The minimum absolute atomic E-state index is 0.00889. The number of nitrogens with zero attached hydrogens (tertiary/aromatic N) is 1. The van der Waals surface area contributed by atoms with E-state index in [1.54, 1.807) is 4.90 Å². The Labute approximate surface area is 115 Å². The van der Waals surface area contributed by atoms with Gasteiger partial charge in [0.1, 0.15) is 5.54 Å². The van der Waals surface area contributed by atoms with E-state index in [0.29, 0.717) is 11.8 Å². The van der Waals surface area contributed by atoms with Crippen LogP contribution < -0.4 is 5.32 Å². The largest absolute Gasteiger partial charge is 0.340 e. The fraction of sp³-hybridized carbons (Fsp3) is 0.867. The van der Waals surface area contributed by atoms with Crippen molar-refractivity contribution in [3.05, 3.63) is 0 Å². The topological polar surface area (TPSA) is 49.4 Å². The lowest BCUT2D eigenvalue weighted by atomic mass is 9.90. The summed E-state index contributed by atoms with van der Waals surface area (Å²) in [5, 5.41) is 2.92. The molecule has 4 nitrogen and oxygen atoms in total. The van der Waals surface area contributed by atoms with Crippen LogP contribution in [0.3, 0.4) is 0 Å². The molecule has 1 N–H and O–H groups in total. The van der Waals surface area contributed by atoms with Crippen molar-refractivity contribution in [2.45, 2.75) is 65.0 Å². The van der Waals surface area contributed by atoms with Crippen LogP contribution in [0.5, 0.6) is 0 Å².